The van der Waals surface area contributed by atoms with Crippen LogP contribution in [0, 0.1) is 0 Å². The molecule has 2 saturated heterocycles. The molecular weight excluding hydrogens is 324 g/mol. The van der Waals surface area contributed by atoms with Crippen molar-refractivity contribution >= 4 is 22.9 Å². The maximum Gasteiger partial charge on any atom is 0.335 e. The second-order valence-electron chi connectivity index (χ2n) is 6.42. The zero-order chi connectivity index (χ0) is 17.4. The van der Waals surface area contributed by atoms with E-state index in [4.69, 9.17) is 4.74 Å². The third-order valence-electron chi connectivity index (χ3n) is 4.77. The number of amides is 1. The number of carboxylic acid groups (broad SMARTS) is 1. The maximum atomic E-state index is 12.1. The number of carboxylic acids is 1. The van der Waals surface area contributed by atoms with E-state index in [1.807, 2.05) is 4.57 Å². The Morgan fingerprint density at radius 3 is 2.96 bits per heavy atom. The van der Waals surface area contributed by atoms with E-state index in [1.54, 1.807) is 23.1 Å². The predicted molar refractivity (Wildman–Crippen MR) is 89.3 cm³/mol. The largest absolute Gasteiger partial charge is 0.478 e. The van der Waals surface area contributed by atoms with E-state index < -0.39 is 5.97 Å². The molecule has 0 radical (unpaired) electrons. The summed E-state index contributed by atoms with van der Waals surface area (Å²) in [6.07, 6.45) is 1.09. The Bertz CT molecular complexity index is 827. The number of nitrogens with zero attached hydrogens (tertiary/aromatic N) is 3. The van der Waals surface area contributed by atoms with Crippen LogP contribution < -0.4 is 5.32 Å². The number of rotatable bonds is 5. The first-order valence-electron chi connectivity index (χ1n) is 8.44. The molecule has 2 aromatic rings. The Labute approximate surface area is 144 Å². The molecule has 2 aliphatic heterocycles. The van der Waals surface area contributed by atoms with Crippen molar-refractivity contribution in [2.24, 2.45) is 0 Å². The van der Waals surface area contributed by atoms with Crippen molar-refractivity contribution in [2.45, 2.75) is 25.6 Å². The molecule has 0 bridgehead atoms. The smallest absolute Gasteiger partial charge is 0.335 e. The second-order valence-corrected chi connectivity index (χ2v) is 6.42. The Balaban J connectivity index is 1.71. The normalized spacial score (nSPS) is 20.7. The van der Waals surface area contributed by atoms with Crippen LogP contribution in [0.5, 0.6) is 0 Å². The van der Waals surface area contributed by atoms with E-state index in [2.05, 4.69) is 10.3 Å². The summed E-state index contributed by atoms with van der Waals surface area (Å²) in [5, 5.41) is 12.3. The minimum absolute atomic E-state index is 0.0518. The molecule has 2 aliphatic rings. The Hall–Kier alpha value is -2.45. The van der Waals surface area contributed by atoms with Crippen LogP contribution in [0.15, 0.2) is 18.2 Å². The fraction of sp³-hybridized carbons (Fsp3) is 0.471. The minimum Gasteiger partial charge on any atom is -0.478 e. The molecule has 25 heavy (non-hydrogen) atoms. The standard InChI is InChI=1S/C17H20N4O4/c22-16-8-18-4-5-20(16)10-15-19-13-2-1-11(17(23)24)7-14(13)21(15)9-12-3-6-25-12/h1-2,7,12,18H,3-6,8-10H2,(H,23,24). The summed E-state index contributed by atoms with van der Waals surface area (Å²) >= 11 is 0. The lowest BCUT2D eigenvalue weighted by Crippen LogP contribution is -2.47. The minimum atomic E-state index is -0.964. The molecule has 0 spiro atoms. The highest BCUT2D eigenvalue weighted by Gasteiger charge is 2.25. The molecule has 8 nitrogen and oxygen atoms in total. The van der Waals surface area contributed by atoms with Crippen LogP contribution in [0.3, 0.4) is 0 Å². The Kier molecular flexibility index (Phi) is 4.14. The number of hydrogen-bond donors (Lipinski definition) is 2. The quantitative estimate of drug-likeness (QED) is 0.818. The molecule has 4 rings (SSSR count). The van der Waals surface area contributed by atoms with E-state index in [9.17, 15) is 14.7 Å². The van der Waals surface area contributed by atoms with E-state index in [1.165, 1.54) is 0 Å². The van der Waals surface area contributed by atoms with Crippen molar-refractivity contribution in [3.8, 4) is 0 Å². The van der Waals surface area contributed by atoms with Crippen molar-refractivity contribution in [1.82, 2.24) is 19.8 Å². The number of piperazine rings is 1. The van der Waals surface area contributed by atoms with Crippen molar-refractivity contribution in [3.63, 3.8) is 0 Å². The van der Waals surface area contributed by atoms with Gasteiger partial charge in [-0.05, 0) is 24.6 Å². The summed E-state index contributed by atoms with van der Waals surface area (Å²) in [7, 11) is 0. The molecule has 0 aliphatic carbocycles. The van der Waals surface area contributed by atoms with Crippen LogP contribution >= 0.6 is 0 Å². The number of hydrogen-bond acceptors (Lipinski definition) is 5. The van der Waals surface area contributed by atoms with Gasteiger partial charge in [-0.3, -0.25) is 4.79 Å². The van der Waals surface area contributed by atoms with Gasteiger partial charge in [0.25, 0.3) is 0 Å². The lowest BCUT2D eigenvalue weighted by atomic mass is 10.1. The number of fused-ring (bicyclic) bond motifs is 1. The van der Waals surface area contributed by atoms with Gasteiger partial charge in [-0.15, -0.1) is 0 Å². The first kappa shape index (κ1) is 16.0. The highest BCUT2D eigenvalue weighted by molar-refractivity contribution is 5.92. The van der Waals surface area contributed by atoms with Gasteiger partial charge in [0.1, 0.15) is 5.82 Å². The zero-order valence-electron chi connectivity index (χ0n) is 13.8. The first-order valence-corrected chi connectivity index (χ1v) is 8.44. The summed E-state index contributed by atoms with van der Waals surface area (Å²) in [4.78, 5) is 29.8. The highest BCUT2D eigenvalue weighted by atomic mass is 16.5. The van der Waals surface area contributed by atoms with Gasteiger partial charge in [0.15, 0.2) is 0 Å². The number of carbonyl (C=O) groups excluding carboxylic acids is 1. The molecule has 2 N–H and O–H groups in total. The molecule has 132 valence electrons. The number of carbonyl (C=O) groups is 2. The summed E-state index contributed by atoms with van der Waals surface area (Å²) < 4.78 is 7.54. The average Bonchev–Trinajstić information content (AvgIpc) is 2.89. The summed E-state index contributed by atoms with van der Waals surface area (Å²) in [5.41, 5.74) is 1.74. The van der Waals surface area contributed by atoms with Gasteiger partial charge in [0, 0.05) is 19.7 Å². The number of ether oxygens (including phenoxy) is 1. The van der Waals surface area contributed by atoms with Gasteiger partial charge in [0.05, 0.1) is 42.3 Å². The van der Waals surface area contributed by atoms with Crippen molar-refractivity contribution in [2.75, 3.05) is 26.2 Å². The number of aromatic nitrogens is 2. The lowest BCUT2D eigenvalue weighted by Gasteiger charge is -2.30. The molecule has 1 atom stereocenters. The molecule has 3 heterocycles. The summed E-state index contributed by atoms with van der Waals surface area (Å²) in [5.74, 6) is -0.146. The average molecular weight is 344 g/mol. The molecule has 1 aromatic heterocycles. The number of benzene rings is 1. The predicted octanol–water partition coefficient (Wildman–Crippen LogP) is 0.455. The molecule has 1 unspecified atom stereocenters. The van der Waals surface area contributed by atoms with Gasteiger partial charge in [-0.2, -0.15) is 0 Å². The molecule has 0 saturated carbocycles. The van der Waals surface area contributed by atoms with Crippen LogP contribution in [0.25, 0.3) is 11.0 Å². The van der Waals surface area contributed by atoms with Crippen LogP contribution in [-0.4, -0.2) is 63.8 Å². The van der Waals surface area contributed by atoms with Crippen molar-refractivity contribution in [1.29, 1.82) is 0 Å². The molecule has 1 aromatic carbocycles. The number of nitrogens with one attached hydrogen (secondary N) is 1. The number of aromatic carboxylic acids is 1. The van der Waals surface area contributed by atoms with Crippen LogP contribution in [-0.2, 0) is 22.6 Å². The molecular formula is C17H20N4O4. The van der Waals surface area contributed by atoms with E-state index in [-0.39, 0.29) is 17.6 Å². The SMILES string of the molecule is O=C(O)c1ccc2nc(CN3CCNCC3=O)n(CC3CCO3)c2c1. The van der Waals surface area contributed by atoms with E-state index >= 15 is 0 Å². The second kappa shape index (κ2) is 6.45. The molecule has 1 amide bonds. The number of imidazole rings is 1. The lowest BCUT2D eigenvalue weighted by molar-refractivity contribution is -0.132. The third-order valence-corrected chi connectivity index (χ3v) is 4.77. The van der Waals surface area contributed by atoms with Crippen molar-refractivity contribution in [3.05, 3.63) is 29.6 Å². The topological polar surface area (TPSA) is 96.7 Å². The van der Waals surface area contributed by atoms with Crippen LogP contribution in [0.1, 0.15) is 22.6 Å². The Morgan fingerprint density at radius 2 is 2.28 bits per heavy atom. The molecule has 2 fully saturated rings. The fourth-order valence-electron chi connectivity index (χ4n) is 3.25. The zero-order valence-corrected chi connectivity index (χ0v) is 13.8. The fourth-order valence-corrected chi connectivity index (χ4v) is 3.25. The summed E-state index contributed by atoms with van der Waals surface area (Å²) in [6, 6.07) is 4.92. The first-order chi connectivity index (χ1) is 12.1. The van der Waals surface area contributed by atoms with Gasteiger partial charge in [-0.25, -0.2) is 9.78 Å². The monoisotopic (exact) mass is 344 g/mol. The van der Waals surface area contributed by atoms with Crippen molar-refractivity contribution < 1.29 is 19.4 Å². The van der Waals surface area contributed by atoms with Gasteiger partial charge in [-0.1, -0.05) is 0 Å². The van der Waals surface area contributed by atoms with Crippen LogP contribution in [0.4, 0.5) is 0 Å². The van der Waals surface area contributed by atoms with E-state index in [0.717, 1.165) is 36.4 Å². The van der Waals surface area contributed by atoms with Gasteiger partial charge >= 0.3 is 5.97 Å². The summed E-state index contributed by atoms with van der Waals surface area (Å²) in [6.45, 7) is 3.54. The maximum absolute atomic E-state index is 12.1. The molecule has 8 heteroatoms. The Morgan fingerprint density at radius 1 is 1.44 bits per heavy atom. The highest BCUT2D eigenvalue weighted by Crippen LogP contribution is 2.23. The third kappa shape index (κ3) is 3.10. The van der Waals surface area contributed by atoms with E-state index in [0.29, 0.717) is 26.2 Å². The van der Waals surface area contributed by atoms with Crippen LogP contribution in [0.2, 0.25) is 0 Å². The van der Waals surface area contributed by atoms with Gasteiger partial charge in [0.2, 0.25) is 5.91 Å². The van der Waals surface area contributed by atoms with Gasteiger partial charge < -0.3 is 24.6 Å².